The lowest BCUT2D eigenvalue weighted by atomic mass is 9.85. The number of rotatable bonds is 22. The van der Waals surface area contributed by atoms with Gasteiger partial charge in [0.2, 0.25) is 21.5 Å². The van der Waals surface area contributed by atoms with Gasteiger partial charge in [-0.3, -0.25) is 19.1 Å². The number of cyclic esters (lactones) is 1. The number of sulfonamides is 2. The maximum atomic E-state index is 14.4. The zero-order valence-electron chi connectivity index (χ0n) is 43.6. The smallest absolute Gasteiger partial charge is 0.355 e. The molecule has 0 spiro atoms. The molecule has 1 amide bonds. The van der Waals surface area contributed by atoms with E-state index >= 15 is 0 Å². The second kappa shape index (κ2) is 24.0. The zero-order chi connectivity index (χ0) is 57.7. The first kappa shape index (κ1) is 57.9. The standard InChI is InChI=1S/C54H59N11O12S3/c1-4-54(40-26-44-47-33(23-31-11-5-6-16-41(31)60-47)28-65(44)49(69)39(40)29-76-51(54)71)77-50(70)46(30(2)3)62-48(68)42(17-7-8-22-55)61-53(78)59-34-18-20-37(21-19-34)79(72,73)64-43(27-45(66)67)32-12-9-14-36(24-32)63-80(74,75)38-15-10-13-35(25-38)58-52(56)57/h5-6,9-16,18-21,23-26,30,42-43,46,63-64H,4,7-8,17,22,27-29,55H2,1-3H3,(H,62,68)(H,66,67)(H4,56,57,58)(H2,59,61,78)/t42-,43?,46-,54-/m0/s1. The highest BCUT2D eigenvalue weighted by Gasteiger charge is 2.51. The number of hydrogen-bond acceptors (Lipinski definition) is 15. The monoisotopic (exact) mass is 1150 g/mol. The highest BCUT2D eigenvalue weighted by Crippen LogP contribution is 2.41. The molecule has 0 bridgehead atoms. The van der Waals surface area contributed by atoms with E-state index in [0.29, 0.717) is 42.0 Å². The number of fused-ring (bicyclic) bond motifs is 5. The average Bonchev–Trinajstić information content (AvgIpc) is 3.83. The molecule has 80 heavy (non-hydrogen) atoms. The molecule has 2 aliphatic heterocycles. The summed E-state index contributed by atoms with van der Waals surface area (Å²) in [5.74, 6) is -4.68. The highest BCUT2D eigenvalue weighted by molar-refractivity contribution is 7.92. The molecule has 4 heterocycles. The molecule has 2 aliphatic rings. The van der Waals surface area contributed by atoms with Gasteiger partial charge in [0.1, 0.15) is 18.7 Å². The number of carbonyl (C=O) groups excluding carboxylic acids is 3. The Morgan fingerprint density at radius 3 is 2.33 bits per heavy atom. The zero-order valence-corrected chi connectivity index (χ0v) is 46.0. The predicted molar refractivity (Wildman–Crippen MR) is 302 cm³/mol. The molecule has 8 rings (SSSR count). The fourth-order valence-electron chi connectivity index (χ4n) is 9.43. The molecule has 1 unspecified atom stereocenters. The van der Waals surface area contributed by atoms with Crippen molar-refractivity contribution in [3.63, 3.8) is 0 Å². The molecule has 0 aliphatic carbocycles. The molecule has 12 N–H and O–H groups in total. The quantitative estimate of drug-likeness (QED) is 0.0149. The SMILES string of the molecule is CC[C@@]1(OC(=O)[C@@H](NC(=O)[C@H](CCCCN)NC(=S)Nc2ccc(S(=O)(=O)NC(CC(=O)O)c3cccc(NS(=O)(=O)c4cccc(N=C(N)N)c4)c3)cc2)C(C)C)C(=O)OCc2c1cc1n(c2=O)Cc2cc3ccccc3nc2-1. The van der Waals surface area contributed by atoms with Crippen LogP contribution in [-0.2, 0) is 67.5 Å². The third kappa shape index (κ3) is 12.7. The highest BCUT2D eigenvalue weighted by atomic mass is 32.2. The summed E-state index contributed by atoms with van der Waals surface area (Å²) in [6.07, 6.45) is 0.392. The van der Waals surface area contributed by atoms with Crippen LogP contribution in [-0.4, -0.2) is 85.0 Å². The van der Waals surface area contributed by atoms with Crippen molar-refractivity contribution in [3.05, 3.63) is 142 Å². The fraction of sp³-hybridized carbons (Fsp3) is 0.296. The Balaban J connectivity index is 0.945. The van der Waals surface area contributed by atoms with Crippen molar-refractivity contribution in [3.8, 4) is 11.4 Å². The molecule has 420 valence electrons. The number of guanidine groups is 1. The van der Waals surface area contributed by atoms with Gasteiger partial charge >= 0.3 is 17.9 Å². The lowest BCUT2D eigenvalue weighted by Crippen LogP contribution is -2.56. The maximum Gasteiger partial charge on any atom is 0.355 e. The lowest BCUT2D eigenvalue weighted by molar-refractivity contribution is -0.191. The van der Waals surface area contributed by atoms with E-state index in [-0.39, 0.29) is 74.9 Å². The Morgan fingerprint density at radius 2 is 1.62 bits per heavy atom. The van der Waals surface area contributed by atoms with Crippen molar-refractivity contribution in [1.29, 1.82) is 0 Å². The first-order valence-corrected chi connectivity index (χ1v) is 28.7. The minimum Gasteiger partial charge on any atom is -0.481 e. The van der Waals surface area contributed by atoms with E-state index in [1.807, 2.05) is 30.3 Å². The summed E-state index contributed by atoms with van der Waals surface area (Å²) in [4.78, 5) is 77.0. The third-order valence-corrected chi connectivity index (χ3v) is 16.6. The Labute approximate surface area is 465 Å². The van der Waals surface area contributed by atoms with Crippen LogP contribution in [0.1, 0.15) is 81.2 Å². The number of thiocarbonyl (C=S) groups is 1. The number of pyridine rings is 2. The van der Waals surface area contributed by atoms with E-state index in [0.717, 1.165) is 10.9 Å². The van der Waals surface area contributed by atoms with Gasteiger partial charge in [-0.25, -0.2) is 41.1 Å². The number of hydrogen-bond donors (Lipinski definition) is 9. The molecule has 4 aromatic carbocycles. The number of benzene rings is 4. The number of nitrogens with zero attached hydrogens (tertiary/aromatic N) is 3. The summed E-state index contributed by atoms with van der Waals surface area (Å²) in [6.45, 7) is 5.24. The minimum absolute atomic E-state index is 0.00641. The number of amides is 1. The molecule has 0 radical (unpaired) electrons. The van der Waals surface area contributed by atoms with Crippen molar-refractivity contribution in [2.45, 2.75) is 99.5 Å². The number of carboxylic acid groups (broad SMARTS) is 1. The van der Waals surface area contributed by atoms with Crippen molar-refractivity contribution < 1.29 is 50.6 Å². The van der Waals surface area contributed by atoms with Crippen molar-refractivity contribution in [1.82, 2.24) is 24.9 Å². The van der Waals surface area contributed by atoms with Gasteiger partial charge in [0.25, 0.3) is 15.6 Å². The first-order valence-electron chi connectivity index (χ1n) is 25.3. The predicted octanol–water partition coefficient (Wildman–Crippen LogP) is 4.46. The molecule has 0 fully saturated rings. The summed E-state index contributed by atoms with van der Waals surface area (Å²) in [5, 5.41) is 19.3. The lowest BCUT2D eigenvalue weighted by Gasteiger charge is -2.37. The number of anilines is 2. The van der Waals surface area contributed by atoms with E-state index in [4.69, 9.17) is 43.9 Å². The summed E-state index contributed by atoms with van der Waals surface area (Å²) in [5.41, 5.74) is 17.7. The van der Waals surface area contributed by atoms with Crippen LogP contribution in [0.2, 0.25) is 0 Å². The fourth-order valence-corrected chi connectivity index (χ4v) is 12.0. The van der Waals surface area contributed by atoms with E-state index < -0.39 is 85.5 Å². The molecule has 4 atom stereocenters. The number of para-hydroxylation sites is 1. The van der Waals surface area contributed by atoms with Crippen LogP contribution in [0.25, 0.3) is 22.3 Å². The van der Waals surface area contributed by atoms with Crippen LogP contribution in [0.15, 0.2) is 129 Å². The number of aromatic nitrogens is 2. The second-order valence-electron chi connectivity index (χ2n) is 19.4. The minimum atomic E-state index is -4.43. The second-order valence-corrected chi connectivity index (χ2v) is 23.2. The Morgan fingerprint density at radius 1 is 0.887 bits per heavy atom. The number of unbranched alkanes of at least 4 members (excludes halogenated alkanes) is 1. The van der Waals surface area contributed by atoms with Gasteiger partial charge in [0.15, 0.2) is 11.1 Å². The number of carbonyl (C=O) groups is 4. The summed E-state index contributed by atoms with van der Waals surface area (Å²) < 4.78 is 72.3. The van der Waals surface area contributed by atoms with Crippen LogP contribution < -0.4 is 48.2 Å². The Bertz CT molecular complexity index is 3740. The van der Waals surface area contributed by atoms with Crippen molar-refractivity contribution in [2.24, 2.45) is 28.1 Å². The van der Waals surface area contributed by atoms with E-state index in [1.165, 1.54) is 72.8 Å². The molecule has 26 heteroatoms. The van der Waals surface area contributed by atoms with Gasteiger partial charge in [-0.15, -0.1) is 0 Å². The number of nitrogens with one attached hydrogen (secondary N) is 5. The largest absolute Gasteiger partial charge is 0.481 e. The van der Waals surface area contributed by atoms with E-state index in [9.17, 15) is 45.9 Å². The van der Waals surface area contributed by atoms with Crippen molar-refractivity contribution >= 4 is 95.1 Å². The third-order valence-electron chi connectivity index (χ3n) is 13.5. The Kier molecular flexibility index (Phi) is 17.3. The normalized spacial score (nSPS) is 15.7. The topological polar surface area (TPSA) is 361 Å². The molecule has 0 saturated heterocycles. The van der Waals surface area contributed by atoms with E-state index in [2.05, 4.69) is 30.4 Å². The number of aliphatic imine (C=N–C) groups is 1. The number of carboxylic acids is 1. The summed E-state index contributed by atoms with van der Waals surface area (Å²) in [6, 6.07) is 23.8. The molecular weight excluding hydrogens is 1090 g/mol. The van der Waals surface area contributed by atoms with E-state index in [1.54, 1.807) is 31.4 Å². The number of nitrogens with two attached hydrogens (primary N) is 3. The van der Waals surface area contributed by atoms with Gasteiger partial charge in [-0.2, -0.15) is 0 Å². The maximum absolute atomic E-state index is 14.4. The number of ether oxygens (including phenoxy) is 2. The van der Waals surface area contributed by atoms with Gasteiger partial charge in [-0.1, -0.05) is 57.2 Å². The number of aliphatic carboxylic acids is 1. The van der Waals surface area contributed by atoms with Gasteiger partial charge in [0, 0.05) is 27.9 Å². The molecule has 23 nitrogen and oxygen atoms in total. The first-order chi connectivity index (χ1) is 38.0. The van der Waals surface area contributed by atoms with Crippen LogP contribution in [0.5, 0.6) is 0 Å². The molecule has 0 saturated carbocycles. The summed E-state index contributed by atoms with van der Waals surface area (Å²) in [7, 11) is -8.66. The van der Waals surface area contributed by atoms with Crippen LogP contribution in [0.3, 0.4) is 0 Å². The number of esters is 2. The molecule has 6 aromatic rings. The van der Waals surface area contributed by atoms with Crippen LogP contribution >= 0.6 is 12.2 Å². The van der Waals surface area contributed by atoms with Crippen molar-refractivity contribution in [2.75, 3.05) is 16.6 Å². The summed E-state index contributed by atoms with van der Waals surface area (Å²) >= 11 is 5.61. The van der Waals surface area contributed by atoms with Gasteiger partial charge in [0.05, 0.1) is 57.0 Å². The molecule has 2 aromatic heterocycles. The Hall–Kier alpha value is -8.30. The molecular formula is C54H59N11O12S3. The van der Waals surface area contributed by atoms with Crippen LogP contribution in [0, 0.1) is 5.92 Å². The van der Waals surface area contributed by atoms with Gasteiger partial charge < -0.3 is 52.3 Å². The van der Waals surface area contributed by atoms with Gasteiger partial charge in [-0.05, 0) is 129 Å². The van der Waals surface area contributed by atoms with Crippen LogP contribution in [0.4, 0.5) is 17.1 Å². The average molecular weight is 1150 g/mol.